The van der Waals surface area contributed by atoms with Crippen LogP contribution in [-0.4, -0.2) is 53.9 Å². The molecule has 0 unspecified atom stereocenters. The molecule has 5 rings (SSSR count). The van der Waals surface area contributed by atoms with E-state index in [2.05, 4.69) is 35.9 Å². The average molecular weight is 454 g/mol. The van der Waals surface area contributed by atoms with E-state index in [0.717, 1.165) is 29.4 Å². The fourth-order valence-corrected chi connectivity index (χ4v) is 4.45. The summed E-state index contributed by atoms with van der Waals surface area (Å²) in [6.07, 6.45) is 3.13. The number of hydrogen-bond donors (Lipinski definition) is 3. The van der Waals surface area contributed by atoms with Gasteiger partial charge in [0.05, 0.1) is 5.52 Å². The second kappa shape index (κ2) is 8.05. The highest BCUT2D eigenvalue weighted by Gasteiger charge is 2.41. The van der Waals surface area contributed by atoms with Crippen LogP contribution >= 0.6 is 0 Å². The minimum absolute atomic E-state index is 0.0544. The van der Waals surface area contributed by atoms with Crippen LogP contribution in [0.1, 0.15) is 33.1 Å². The van der Waals surface area contributed by atoms with Crippen LogP contribution in [0.3, 0.4) is 0 Å². The summed E-state index contributed by atoms with van der Waals surface area (Å²) in [7, 11) is 0. The van der Waals surface area contributed by atoms with Gasteiger partial charge in [-0.15, -0.1) is 5.10 Å². The molecule has 0 spiro atoms. The lowest BCUT2D eigenvalue weighted by molar-refractivity contribution is -0.123. The first-order valence-corrected chi connectivity index (χ1v) is 10.9. The van der Waals surface area contributed by atoms with E-state index in [1.807, 2.05) is 26.1 Å². The Balaban J connectivity index is 1.34. The minimum atomic E-state index is -2.51. The van der Waals surface area contributed by atoms with Gasteiger partial charge in [0.15, 0.2) is 0 Å². The lowest BCUT2D eigenvalue weighted by Crippen LogP contribution is -2.59. The van der Waals surface area contributed by atoms with Crippen molar-refractivity contribution < 1.29 is 13.6 Å². The normalized spacial score (nSPS) is 20.3. The number of rotatable bonds is 7. The van der Waals surface area contributed by atoms with Crippen molar-refractivity contribution in [3.8, 4) is 11.1 Å². The molecular weight excluding hydrogens is 430 g/mol. The maximum Gasteiger partial charge on any atom is 0.258 e. The van der Waals surface area contributed by atoms with Gasteiger partial charge in [0.2, 0.25) is 11.9 Å². The van der Waals surface area contributed by atoms with Gasteiger partial charge in [0, 0.05) is 41.3 Å². The molecule has 3 heterocycles. The smallest absolute Gasteiger partial charge is 0.258 e. The maximum absolute atomic E-state index is 12.8. The molecule has 4 aromatic rings. The number of hydrogen-bond acceptors (Lipinski definition) is 6. The number of aromatic amines is 1. The third-order valence-corrected chi connectivity index (χ3v) is 6.06. The third-order valence-electron chi connectivity index (χ3n) is 6.06. The summed E-state index contributed by atoms with van der Waals surface area (Å²) in [4.78, 5) is 23.9. The standard InChI is InChI=1S/C22H24F2N8O/c1-3-19(33)29-22(2)7-13(8-22)27-21-26-10-15-14(9-25-20(15)28-21)12-4-5-16-17(6-12)32(31-30-16)11-18(23)24/h4-6,9-10,13,18H,3,7-8,11H2,1-2H3,(H,29,33)(H2,25,26,27,28)/t13-,22-. The molecule has 1 saturated carbocycles. The Morgan fingerprint density at radius 2 is 2.18 bits per heavy atom. The molecule has 11 heteroatoms. The molecule has 9 nitrogen and oxygen atoms in total. The Morgan fingerprint density at radius 1 is 1.36 bits per heavy atom. The van der Waals surface area contributed by atoms with Crippen LogP contribution in [0.15, 0.2) is 30.6 Å². The number of nitrogens with one attached hydrogen (secondary N) is 3. The summed E-state index contributed by atoms with van der Waals surface area (Å²) in [5.74, 6) is 0.568. The van der Waals surface area contributed by atoms with Crippen molar-refractivity contribution in [3.63, 3.8) is 0 Å². The topological polar surface area (TPSA) is 113 Å². The zero-order chi connectivity index (χ0) is 23.2. The zero-order valence-corrected chi connectivity index (χ0v) is 18.3. The summed E-state index contributed by atoms with van der Waals surface area (Å²) in [6.45, 7) is 3.38. The van der Waals surface area contributed by atoms with E-state index >= 15 is 0 Å². The first-order valence-electron chi connectivity index (χ1n) is 10.9. The zero-order valence-electron chi connectivity index (χ0n) is 18.3. The summed E-state index contributed by atoms with van der Waals surface area (Å²) in [5, 5.41) is 15.0. The third kappa shape index (κ3) is 4.10. The van der Waals surface area contributed by atoms with Crippen molar-refractivity contribution in [1.82, 2.24) is 35.3 Å². The van der Waals surface area contributed by atoms with Gasteiger partial charge in [-0.1, -0.05) is 18.2 Å². The van der Waals surface area contributed by atoms with Crippen molar-refractivity contribution in [3.05, 3.63) is 30.6 Å². The molecule has 172 valence electrons. The first-order chi connectivity index (χ1) is 15.8. The van der Waals surface area contributed by atoms with E-state index in [1.54, 1.807) is 18.3 Å². The second-order valence-corrected chi connectivity index (χ2v) is 8.74. The molecule has 1 aliphatic rings. The van der Waals surface area contributed by atoms with E-state index in [0.29, 0.717) is 29.0 Å². The van der Waals surface area contributed by atoms with Crippen molar-refractivity contribution in [2.75, 3.05) is 5.32 Å². The average Bonchev–Trinajstić information content (AvgIpc) is 3.35. The Labute approximate surface area is 188 Å². The number of H-pyrrole nitrogens is 1. The fourth-order valence-electron chi connectivity index (χ4n) is 4.45. The van der Waals surface area contributed by atoms with Crippen molar-refractivity contribution in [1.29, 1.82) is 0 Å². The number of carbonyl (C=O) groups excluding carboxylic acids is 1. The Hall–Kier alpha value is -3.63. The van der Waals surface area contributed by atoms with E-state index in [-0.39, 0.29) is 17.5 Å². The highest BCUT2D eigenvalue weighted by molar-refractivity contribution is 5.95. The molecule has 1 fully saturated rings. The predicted octanol–water partition coefficient (Wildman–Crippen LogP) is 3.49. The fraction of sp³-hybridized carbons (Fsp3) is 0.409. The maximum atomic E-state index is 12.8. The largest absolute Gasteiger partial charge is 0.351 e. The van der Waals surface area contributed by atoms with Gasteiger partial charge < -0.3 is 15.6 Å². The van der Waals surface area contributed by atoms with Crippen molar-refractivity contribution in [2.45, 2.75) is 57.7 Å². The highest BCUT2D eigenvalue weighted by atomic mass is 19.3. The van der Waals surface area contributed by atoms with Gasteiger partial charge in [-0.2, -0.15) is 4.98 Å². The van der Waals surface area contributed by atoms with Gasteiger partial charge in [-0.25, -0.2) is 18.4 Å². The molecule has 1 aromatic carbocycles. The summed E-state index contributed by atoms with van der Waals surface area (Å²) >= 11 is 0. The molecular formula is C22H24F2N8O. The number of amides is 1. The Morgan fingerprint density at radius 3 is 2.94 bits per heavy atom. The van der Waals surface area contributed by atoms with Gasteiger partial charge >= 0.3 is 0 Å². The van der Waals surface area contributed by atoms with Gasteiger partial charge in [-0.3, -0.25) is 4.79 Å². The minimum Gasteiger partial charge on any atom is -0.351 e. The molecule has 0 saturated heterocycles. The number of alkyl halides is 2. The van der Waals surface area contributed by atoms with Crippen LogP contribution in [0.4, 0.5) is 14.7 Å². The lowest BCUT2D eigenvalue weighted by atomic mass is 9.74. The van der Waals surface area contributed by atoms with Gasteiger partial charge in [0.25, 0.3) is 6.43 Å². The molecule has 3 N–H and O–H groups in total. The summed E-state index contributed by atoms with van der Waals surface area (Å²) in [5.41, 5.74) is 3.27. The number of anilines is 1. The number of benzene rings is 1. The molecule has 0 radical (unpaired) electrons. The van der Waals surface area contributed by atoms with Gasteiger partial charge in [0.1, 0.15) is 17.7 Å². The monoisotopic (exact) mass is 454 g/mol. The van der Waals surface area contributed by atoms with Crippen LogP contribution in [0, 0.1) is 0 Å². The summed E-state index contributed by atoms with van der Waals surface area (Å²) < 4.78 is 26.9. The quantitative estimate of drug-likeness (QED) is 0.394. The number of halogens is 2. The number of aromatic nitrogens is 6. The molecule has 0 bridgehead atoms. The van der Waals surface area contributed by atoms with E-state index < -0.39 is 13.0 Å². The number of fused-ring (bicyclic) bond motifs is 2. The van der Waals surface area contributed by atoms with Crippen LogP contribution in [0.2, 0.25) is 0 Å². The van der Waals surface area contributed by atoms with E-state index in [1.165, 1.54) is 4.68 Å². The molecule has 1 amide bonds. The predicted molar refractivity (Wildman–Crippen MR) is 120 cm³/mol. The van der Waals surface area contributed by atoms with Crippen LogP contribution in [0.5, 0.6) is 0 Å². The van der Waals surface area contributed by atoms with Crippen LogP contribution in [-0.2, 0) is 11.3 Å². The Bertz CT molecular complexity index is 1320. The van der Waals surface area contributed by atoms with Crippen LogP contribution in [0.25, 0.3) is 33.2 Å². The van der Waals surface area contributed by atoms with Crippen LogP contribution < -0.4 is 10.6 Å². The second-order valence-electron chi connectivity index (χ2n) is 8.74. The Kier molecular flexibility index (Phi) is 5.18. The van der Waals surface area contributed by atoms with E-state index in [9.17, 15) is 13.6 Å². The van der Waals surface area contributed by atoms with Crippen molar-refractivity contribution >= 4 is 33.9 Å². The summed E-state index contributed by atoms with van der Waals surface area (Å²) in [6, 6.07) is 5.62. The van der Waals surface area contributed by atoms with E-state index in [4.69, 9.17) is 0 Å². The number of nitrogens with zero attached hydrogens (tertiary/aromatic N) is 5. The lowest BCUT2D eigenvalue weighted by Gasteiger charge is -2.45. The highest BCUT2D eigenvalue weighted by Crippen LogP contribution is 2.34. The molecule has 0 atom stereocenters. The molecule has 33 heavy (non-hydrogen) atoms. The SMILES string of the molecule is CCC(=O)N[C@]1(C)C[C@@H](Nc2ncc3c(-c4ccc5nnn(CC(F)F)c5c4)c[nH]c3n2)C1. The van der Waals surface area contributed by atoms with Crippen molar-refractivity contribution in [2.24, 2.45) is 0 Å². The first kappa shape index (κ1) is 21.2. The molecule has 1 aliphatic carbocycles. The number of carbonyl (C=O) groups is 1. The van der Waals surface area contributed by atoms with Gasteiger partial charge in [-0.05, 0) is 37.5 Å². The molecule has 0 aliphatic heterocycles. The molecule has 3 aromatic heterocycles.